The van der Waals surface area contributed by atoms with Gasteiger partial charge >= 0.3 is 0 Å². The van der Waals surface area contributed by atoms with Crippen LogP contribution < -0.4 is 4.85 Å². The summed E-state index contributed by atoms with van der Waals surface area (Å²) >= 11 is 0. The van der Waals surface area contributed by atoms with Gasteiger partial charge in [-0.1, -0.05) is 12.1 Å². The van der Waals surface area contributed by atoms with Gasteiger partial charge in [0.25, 0.3) is 0 Å². The van der Waals surface area contributed by atoms with Crippen LogP contribution in [0.3, 0.4) is 0 Å². The van der Waals surface area contributed by atoms with Gasteiger partial charge in [-0.25, -0.2) is 0 Å². The maximum absolute atomic E-state index is 11.0. The molecule has 4 heteroatoms. The van der Waals surface area contributed by atoms with Crippen molar-refractivity contribution in [3.8, 4) is 0 Å². The minimum atomic E-state index is 0.606. The molecule has 1 aromatic heterocycles. The third-order valence-corrected chi connectivity index (χ3v) is 1.65. The summed E-state index contributed by atoms with van der Waals surface area (Å²) < 4.78 is 1.56. The van der Waals surface area contributed by atoms with E-state index in [9.17, 15) is 5.21 Å². The number of para-hydroxylation sites is 2. The van der Waals surface area contributed by atoms with E-state index in [0.29, 0.717) is 10.4 Å². The Labute approximate surface area is 63.2 Å². The van der Waals surface area contributed by atoms with Crippen LogP contribution in [0.1, 0.15) is 0 Å². The highest BCUT2D eigenvalue weighted by atomic mass is 16.5. The Morgan fingerprint density at radius 2 is 2.18 bits per heavy atom. The standard InChI is InChI=1S/C7H7N3O/c1-9-6-4-2-3-5-7(6)10(11)8-9/h2-5H,1H3. The topological polar surface area (TPSA) is 44.8 Å². The van der Waals surface area contributed by atoms with Gasteiger partial charge in [-0.15, -0.1) is 9.53 Å². The van der Waals surface area contributed by atoms with Gasteiger partial charge in [0, 0.05) is 0 Å². The van der Waals surface area contributed by atoms with Gasteiger partial charge in [-0.2, -0.15) is 0 Å². The first-order valence-electron chi connectivity index (χ1n) is 3.30. The van der Waals surface area contributed by atoms with E-state index >= 15 is 0 Å². The summed E-state index contributed by atoms with van der Waals surface area (Å²) in [6.07, 6.45) is 0. The molecule has 0 atom stereocenters. The summed E-state index contributed by atoms with van der Waals surface area (Å²) in [5.74, 6) is 0. The van der Waals surface area contributed by atoms with Crippen molar-refractivity contribution >= 4 is 11.0 Å². The maximum Gasteiger partial charge on any atom is 0.202 e. The molecule has 56 valence electrons. The van der Waals surface area contributed by atoms with Crippen LogP contribution in [-0.2, 0) is 7.05 Å². The maximum atomic E-state index is 11.0. The van der Waals surface area contributed by atoms with Crippen LogP contribution in [0.4, 0.5) is 0 Å². The first-order chi connectivity index (χ1) is 5.29. The third kappa shape index (κ3) is 0.756. The molecule has 2 aromatic rings. The minimum Gasteiger partial charge on any atom is -0.691 e. The highest BCUT2D eigenvalue weighted by Crippen LogP contribution is 2.05. The third-order valence-electron chi connectivity index (χ3n) is 1.65. The van der Waals surface area contributed by atoms with Gasteiger partial charge in [-0.3, -0.25) is 0 Å². The molecule has 0 radical (unpaired) electrons. The number of rotatable bonds is 0. The number of hydrogen-bond acceptors (Lipinski definition) is 2. The van der Waals surface area contributed by atoms with Gasteiger partial charge in [-0.05, 0) is 12.1 Å². The first kappa shape index (κ1) is 6.15. The molecule has 1 heterocycles. The Bertz CT molecular complexity index is 357. The van der Waals surface area contributed by atoms with Crippen LogP contribution in [0, 0.1) is 5.21 Å². The molecule has 0 amide bonds. The predicted octanol–water partition coefficient (Wildman–Crippen LogP) is 0.207. The molecule has 0 aliphatic heterocycles. The van der Waals surface area contributed by atoms with E-state index < -0.39 is 0 Å². The zero-order chi connectivity index (χ0) is 7.84. The molecule has 0 bridgehead atoms. The number of aryl methyl sites for hydroxylation is 1. The van der Waals surface area contributed by atoms with Crippen molar-refractivity contribution in [3.05, 3.63) is 29.5 Å². The molecule has 11 heavy (non-hydrogen) atoms. The van der Waals surface area contributed by atoms with E-state index in [1.165, 1.54) is 0 Å². The Balaban J connectivity index is 2.95. The lowest BCUT2D eigenvalue weighted by atomic mass is 10.3. The number of fused-ring (bicyclic) bond motifs is 1. The van der Waals surface area contributed by atoms with Gasteiger partial charge in [0.1, 0.15) is 7.05 Å². The summed E-state index contributed by atoms with van der Waals surface area (Å²) in [5.41, 5.74) is 1.46. The van der Waals surface area contributed by atoms with E-state index in [0.717, 1.165) is 5.52 Å². The van der Waals surface area contributed by atoms with Gasteiger partial charge < -0.3 is 5.21 Å². The fourth-order valence-electron chi connectivity index (χ4n) is 1.12. The van der Waals surface area contributed by atoms with Crippen LogP contribution >= 0.6 is 0 Å². The van der Waals surface area contributed by atoms with Crippen molar-refractivity contribution < 1.29 is 4.85 Å². The van der Waals surface area contributed by atoms with Crippen molar-refractivity contribution in [1.82, 2.24) is 9.90 Å². The minimum absolute atomic E-state index is 0.606. The molecule has 0 aliphatic carbocycles. The van der Waals surface area contributed by atoms with Crippen molar-refractivity contribution in [2.24, 2.45) is 7.05 Å². The summed E-state index contributed by atoms with van der Waals surface area (Å²) in [6, 6.07) is 7.30. The number of benzene rings is 1. The molecule has 0 aliphatic rings. The molecule has 2 rings (SSSR count). The number of hydrogen-bond donors (Lipinski definition) is 0. The highest BCUT2D eigenvalue weighted by molar-refractivity contribution is 5.70. The smallest absolute Gasteiger partial charge is 0.202 e. The molecule has 0 unspecified atom stereocenters. The zero-order valence-corrected chi connectivity index (χ0v) is 6.06. The van der Waals surface area contributed by atoms with Crippen molar-refractivity contribution in [2.75, 3.05) is 0 Å². The number of aromatic nitrogens is 3. The van der Waals surface area contributed by atoms with E-state index in [-0.39, 0.29) is 0 Å². The summed E-state index contributed by atoms with van der Waals surface area (Å²) in [7, 11) is 1.75. The van der Waals surface area contributed by atoms with Gasteiger partial charge in [0.15, 0.2) is 5.52 Å². The average Bonchev–Trinajstić information content (AvgIpc) is 2.30. The fraction of sp³-hybridized carbons (Fsp3) is 0.143. The largest absolute Gasteiger partial charge is 0.691 e. The predicted molar refractivity (Wildman–Crippen MR) is 39.7 cm³/mol. The normalized spacial score (nSPS) is 10.6. The highest BCUT2D eigenvalue weighted by Gasteiger charge is 2.07. The van der Waals surface area contributed by atoms with E-state index in [1.54, 1.807) is 17.8 Å². The molecule has 0 saturated heterocycles. The molecular weight excluding hydrogens is 142 g/mol. The lowest BCUT2D eigenvalue weighted by molar-refractivity contribution is -0.646. The lowest BCUT2D eigenvalue weighted by Crippen LogP contribution is -2.29. The number of nitrogens with zero attached hydrogens (tertiary/aromatic N) is 3. The first-order valence-corrected chi connectivity index (χ1v) is 3.30. The summed E-state index contributed by atoms with van der Waals surface area (Å²) in [5, 5.41) is 14.7. The molecule has 1 aromatic carbocycles. The summed E-state index contributed by atoms with van der Waals surface area (Å²) in [6.45, 7) is 0. The quantitative estimate of drug-likeness (QED) is 0.397. The second-order valence-electron chi connectivity index (χ2n) is 2.37. The molecule has 0 saturated carbocycles. The zero-order valence-electron chi connectivity index (χ0n) is 6.06. The Kier molecular flexibility index (Phi) is 1.09. The van der Waals surface area contributed by atoms with Crippen molar-refractivity contribution in [2.45, 2.75) is 0 Å². The van der Waals surface area contributed by atoms with Crippen LogP contribution in [-0.4, -0.2) is 9.90 Å². The SMILES string of the molecule is Cn1n[n+]([O-])c2ccccc21. The lowest BCUT2D eigenvalue weighted by Gasteiger charge is -1.89. The molecule has 0 spiro atoms. The monoisotopic (exact) mass is 149 g/mol. The van der Waals surface area contributed by atoms with E-state index in [4.69, 9.17) is 0 Å². The van der Waals surface area contributed by atoms with Crippen molar-refractivity contribution in [1.29, 1.82) is 0 Å². The van der Waals surface area contributed by atoms with Crippen LogP contribution in [0.2, 0.25) is 0 Å². The second-order valence-corrected chi connectivity index (χ2v) is 2.37. The Morgan fingerprint density at radius 3 is 2.91 bits per heavy atom. The second kappa shape index (κ2) is 1.95. The molecule has 0 fully saturated rings. The van der Waals surface area contributed by atoms with Crippen molar-refractivity contribution in [3.63, 3.8) is 0 Å². The van der Waals surface area contributed by atoms with Crippen LogP contribution in [0.5, 0.6) is 0 Å². The van der Waals surface area contributed by atoms with Crippen LogP contribution in [0.15, 0.2) is 24.3 Å². The van der Waals surface area contributed by atoms with Crippen LogP contribution in [0.25, 0.3) is 11.0 Å². The Morgan fingerprint density at radius 1 is 1.45 bits per heavy atom. The molecule has 4 nitrogen and oxygen atoms in total. The van der Waals surface area contributed by atoms with Gasteiger partial charge in [0.2, 0.25) is 5.52 Å². The molecular formula is C7H7N3O. The summed E-state index contributed by atoms with van der Waals surface area (Å²) in [4.78, 5) is 0.620. The van der Waals surface area contributed by atoms with E-state index in [1.807, 2.05) is 18.2 Å². The average molecular weight is 149 g/mol. The van der Waals surface area contributed by atoms with Gasteiger partial charge in [0.05, 0.1) is 5.21 Å². The van der Waals surface area contributed by atoms with E-state index in [2.05, 4.69) is 5.21 Å². The Hall–Kier alpha value is -1.58. The fourth-order valence-corrected chi connectivity index (χ4v) is 1.12. The molecule has 0 N–H and O–H groups in total.